The Balaban J connectivity index is 0.000000117. The van der Waals surface area contributed by atoms with Crippen LogP contribution in [0.5, 0.6) is 0 Å². The topological polar surface area (TPSA) is 0 Å². The van der Waals surface area contributed by atoms with E-state index < -0.39 is 84.3 Å². The highest BCUT2D eigenvalue weighted by Gasteiger charge is 2.33. The Labute approximate surface area is 884 Å². The third-order valence-corrected chi connectivity index (χ3v) is 27.2. The van der Waals surface area contributed by atoms with E-state index in [2.05, 4.69) is 54.6 Å². The summed E-state index contributed by atoms with van der Waals surface area (Å²) in [6.45, 7) is 0. The van der Waals surface area contributed by atoms with Crippen LogP contribution in [0.1, 0.15) is 55.0 Å². The molecule has 0 bridgehead atoms. The van der Waals surface area contributed by atoms with Crippen molar-refractivity contribution in [1.82, 2.24) is 0 Å². The minimum Gasteiger partial charge on any atom is -0.0760 e. The molecule has 144 heavy (non-hydrogen) atoms. The Morgan fingerprint density at radius 1 is 0.139 bits per heavy atom. The van der Waals surface area contributed by atoms with Crippen LogP contribution in [-0.2, 0) is 0 Å². The van der Waals surface area contributed by atoms with Gasteiger partial charge in [0.25, 0.3) is 0 Å². The minimum atomic E-state index is -0.894. The van der Waals surface area contributed by atoms with Crippen LogP contribution in [0, 0.1) is 11.8 Å². The molecule has 0 radical (unpaired) electrons. The largest absolute Gasteiger partial charge is 0.0760 e. The first-order valence-corrected chi connectivity index (χ1v) is 47.5. The van der Waals surface area contributed by atoms with Crippen LogP contribution in [0.25, 0.3) is 230 Å². The Morgan fingerprint density at radius 2 is 0.375 bits per heavy atom. The average molecular weight is 1860 g/mol. The van der Waals surface area contributed by atoms with Gasteiger partial charge in [-0.15, -0.1) is 0 Å². The van der Waals surface area contributed by atoms with E-state index in [0.717, 1.165) is 87.6 Å². The first-order valence-electron chi connectivity index (χ1n) is 63.5. The van der Waals surface area contributed by atoms with Crippen LogP contribution < -0.4 is 10.4 Å². The number of allylic oxidation sites excluding steroid dienone is 4. The number of fused-ring (bicyclic) bond motifs is 13. The fraction of sp³-hybridized carbons (Fsp3) is 0.0139. The van der Waals surface area contributed by atoms with Crippen LogP contribution in [0.2, 0.25) is 0 Å². The molecule has 0 aliphatic heterocycles. The maximum atomic E-state index is 9.17. The van der Waals surface area contributed by atoms with Crippen molar-refractivity contribution in [1.29, 1.82) is 0 Å². The smallest absolute Gasteiger partial charge is 0.0629 e. The van der Waals surface area contributed by atoms with E-state index in [1.807, 2.05) is 261 Å². The van der Waals surface area contributed by atoms with E-state index >= 15 is 0 Å². The summed E-state index contributed by atoms with van der Waals surface area (Å²) >= 11 is 0. The van der Waals surface area contributed by atoms with Crippen molar-refractivity contribution in [2.75, 3.05) is 0 Å². The van der Waals surface area contributed by atoms with E-state index in [9.17, 15) is 0 Å². The molecule has 0 saturated carbocycles. The second-order valence-corrected chi connectivity index (χ2v) is 35.2. The molecule has 0 amide bonds. The maximum absolute atomic E-state index is 9.17. The Kier molecular flexibility index (Phi) is 15.9. The number of hydrogen-bond donors (Lipinski definition) is 0. The van der Waals surface area contributed by atoms with Gasteiger partial charge in [0.15, 0.2) is 0 Å². The lowest BCUT2D eigenvalue weighted by atomic mass is 9.70. The summed E-state index contributed by atoms with van der Waals surface area (Å²) in [5.41, 5.74) is 15.6. The molecule has 2 aliphatic carbocycles. The SMILES string of the molecule is [2H]C1=C([2H])C2C(c3ccccc3)=c3c([2H])c([2H])c([2H])c([2H])c3=C(c3ccc(-c4cccc5ccccc45)cc3)C2C([2H])=C1[2H].[2H]c1c([2H])c([2H])c2c(-c3cc(-c4ccccc4)c4ccccc4c3)c3c([2H])c([2H])c([2H])c([2H])c3c(-c3ccccc3)c2c1[2H].[2H]c1c([2H])c([2H])c2c(-c3ccc(-c4cc5ccccc5c5ccccc45)cc3)c3c([2H])c([2H])c([2H])c([2H])c3c(-c3ccccc3)c2c1[2H].[2H]c1c([2H])c([2H])c2c(-c3ccc(-c4ccccc4)cc3)c3c([2H])c([2H])c([2H])c([2H])c3c(-c3ccccc3)c2c1[2H]. The maximum Gasteiger partial charge on any atom is 0.0629 e. The molecule has 2 unspecified atom stereocenters. The Morgan fingerprint density at radius 3 is 0.771 bits per heavy atom. The molecule has 2 atom stereocenters. The molecule has 0 spiro atoms. The summed E-state index contributed by atoms with van der Waals surface area (Å²) in [5, 5.41) is 11.7. The highest BCUT2D eigenvalue weighted by molar-refractivity contribution is 6.25. The standard InChI is InChI=1S/C40H26.C36H24.C36H26.C32H22/c1-2-12-28(13-3-1)39-34-18-8-10-20-36(34)40(37-21-11-9-19-35(37)39)29-24-22-27(23-25-29)38-26-30-14-4-5-15-31(30)32-16-6-7-17-33(32)38;1-3-13-25(14-4-1)34-24-28(23-27-17-7-8-18-29(27)34)36-32-21-11-9-19-30(32)35(26-15-5-2-6-16-26)31-20-10-12-22-33(31)36;1-2-12-27(13-3-1)35-31-16-6-8-18-33(31)36(34-19-9-7-17-32(34)35)28-23-21-26(22-24-28)30-20-10-14-25-11-4-5-15-29(25)30;1-3-11-23(12-4-1)24-19-21-26(22-20-24)32-29-17-9-7-15-27(29)31(25-13-5-2-6-14-25)28-16-8-10-18-30(28)32/h1-26H;1-24H;1-24,31,33H;1-22H/i8D,9D,10D,11D,18D,19D,20D,21D;9D,10D,11D,12D,19D,20D,21D,22D;6D,7D,8D,9D,16D,17D,18D,19D;7D,8D,9D,10D,15D,16D,17D,18D. The molecule has 0 saturated heterocycles. The molecule has 0 N–H and O–H groups in total. The molecule has 0 aromatic heterocycles. The van der Waals surface area contributed by atoms with Gasteiger partial charge in [-0.25, -0.2) is 0 Å². The third-order valence-electron chi connectivity index (χ3n) is 27.2. The Bertz CT molecular complexity index is 11400. The average Bonchev–Trinajstić information content (AvgIpc) is 0.707. The summed E-state index contributed by atoms with van der Waals surface area (Å²) < 4.78 is 282. The first kappa shape index (κ1) is 59.1. The molecular weight excluding hydrogens is 1730 g/mol. The number of benzene rings is 26. The molecule has 674 valence electrons. The normalized spacial score (nSPS) is 16.4. The van der Waals surface area contributed by atoms with E-state index in [-0.39, 0.29) is 196 Å². The van der Waals surface area contributed by atoms with Crippen molar-refractivity contribution >= 4 is 119 Å². The van der Waals surface area contributed by atoms with Crippen molar-refractivity contribution in [3.63, 3.8) is 0 Å². The van der Waals surface area contributed by atoms with Crippen LogP contribution in [-0.4, -0.2) is 0 Å². The molecule has 0 fully saturated rings. The fourth-order valence-electron chi connectivity index (χ4n) is 20.8. The van der Waals surface area contributed by atoms with E-state index in [0.29, 0.717) is 89.0 Å². The third kappa shape index (κ3) is 16.3. The second-order valence-electron chi connectivity index (χ2n) is 35.2. The fourth-order valence-corrected chi connectivity index (χ4v) is 20.8. The van der Waals surface area contributed by atoms with Crippen molar-refractivity contribution < 1.29 is 43.9 Å². The van der Waals surface area contributed by atoms with Gasteiger partial charge in [0.1, 0.15) is 0 Å². The van der Waals surface area contributed by atoms with Crippen LogP contribution >= 0.6 is 0 Å². The highest BCUT2D eigenvalue weighted by atomic mass is 14.4. The predicted octanol–water partition coefficient (Wildman–Crippen LogP) is 37.7. The zero-order chi connectivity index (χ0) is 123. The quantitative estimate of drug-likeness (QED) is 0.0845. The van der Waals surface area contributed by atoms with Crippen LogP contribution in [0.3, 0.4) is 0 Å². The van der Waals surface area contributed by atoms with Gasteiger partial charge < -0.3 is 0 Å². The van der Waals surface area contributed by atoms with Gasteiger partial charge in [-0.2, -0.15) is 0 Å². The van der Waals surface area contributed by atoms with E-state index in [1.165, 1.54) is 0 Å². The molecule has 0 heterocycles. The monoisotopic (exact) mass is 1860 g/mol. The number of rotatable bonds is 12. The van der Waals surface area contributed by atoms with Crippen molar-refractivity contribution in [3.8, 4) is 111 Å². The lowest BCUT2D eigenvalue weighted by Gasteiger charge is -2.33. The molecular formula is C144H98. The summed E-state index contributed by atoms with van der Waals surface area (Å²) in [5.74, 6) is -1.78. The summed E-state index contributed by atoms with van der Waals surface area (Å²) in [7, 11) is 0. The second kappa shape index (κ2) is 38.7. The lowest BCUT2D eigenvalue weighted by Crippen LogP contribution is -2.40. The Hall–Kier alpha value is -18.5. The van der Waals surface area contributed by atoms with Gasteiger partial charge in [0.05, 0.1) is 43.9 Å². The zero-order valence-corrected chi connectivity index (χ0v) is 77.1. The van der Waals surface area contributed by atoms with Gasteiger partial charge in [-0.3, -0.25) is 0 Å². The highest BCUT2D eigenvalue weighted by Crippen LogP contribution is 2.51. The van der Waals surface area contributed by atoms with Gasteiger partial charge in [-0.05, 0) is 270 Å². The van der Waals surface area contributed by atoms with Gasteiger partial charge >= 0.3 is 0 Å². The minimum absolute atomic E-state index is 0.141. The molecule has 26 aromatic carbocycles. The van der Waals surface area contributed by atoms with Gasteiger partial charge in [0.2, 0.25) is 0 Å². The first-order chi connectivity index (χ1) is 84.8. The lowest BCUT2D eigenvalue weighted by molar-refractivity contribution is 0.686. The van der Waals surface area contributed by atoms with Gasteiger partial charge in [-0.1, -0.05) is 563 Å². The number of hydrogen-bond acceptors (Lipinski definition) is 0. The zero-order valence-electron chi connectivity index (χ0n) is 109. The summed E-state index contributed by atoms with van der Waals surface area (Å²) in [6.07, 6.45) is 0. The molecule has 0 nitrogen and oxygen atoms in total. The molecule has 26 aromatic rings. The predicted molar refractivity (Wildman–Crippen MR) is 618 cm³/mol. The molecule has 0 heteroatoms. The van der Waals surface area contributed by atoms with Crippen LogP contribution in [0.15, 0.2) is 582 Å². The van der Waals surface area contributed by atoms with Crippen LogP contribution in [0.4, 0.5) is 0 Å². The van der Waals surface area contributed by atoms with E-state index in [4.69, 9.17) is 43.9 Å². The summed E-state index contributed by atoms with van der Waals surface area (Å²) in [6, 6.07) is 113. The van der Waals surface area contributed by atoms with Crippen molar-refractivity contribution in [2.45, 2.75) is 0 Å². The van der Waals surface area contributed by atoms with E-state index in [1.54, 1.807) is 72.8 Å². The summed E-state index contributed by atoms with van der Waals surface area (Å²) in [4.78, 5) is 0. The molecule has 2 aliphatic rings. The van der Waals surface area contributed by atoms with Crippen molar-refractivity contribution in [3.05, 3.63) is 603 Å². The van der Waals surface area contributed by atoms with Crippen molar-refractivity contribution in [2.24, 2.45) is 11.8 Å². The van der Waals surface area contributed by atoms with Gasteiger partial charge in [0, 0.05) is 11.8 Å². The molecule has 28 rings (SSSR count).